The molecule has 0 saturated heterocycles. The van der Waals surface area contributed by atoms with Gasteiger partial charge in [-0.1, -0.05) is 13.3 Å². The van der Waals surface area contributed by atoms with Crippen molar-refractivity contribution in [2.24, 2.45) is 5.92 Å². The second kappa shape index (κ2) is 6.03. The minimum Gasteiger partial charge on any atom is -0.474 e. The van der Waals surface area contributed by atoms with Crippen LogP contribution in [0.3, 0.4) is 0 Å². The number of aromatic nitrogens is 2. The molecule has 4 heteroatoms. The van der Waals surface area contributed by atoms with Gasteiger partial charge in [-0.15, -0.1) is 0 Å². The predicted molar refractivity (Wildman–Crippen MR) is 73.0 cm³/mol. The van der Waals surface area contributed by atoms with Crippen molar-refractivity contribution in [2.75, 3.05) is 11.9 Å². The van der Waals surface area contributed by atoms with Crippen molar-refractivity contribution in [1.82, 2.24) is 9.97 Å². The lowest BCUT2D eigenvalue weighted by Crippen LogP contribution is -2.24. The molecule has 1 aromatic rings. The summed E-state index contributed by atoms with van der Waals surface area (Å²) in [6, 6.07) is 1.92. The number of aryl methyl sites for hydroxylation is 1. The lowest BCUT2D eigenvalue weighted by atomic mass is 9.89. The van der Waals surface area contributed by atoms with Gasteiger partial charge in [0.05, 0.1) is 0 Å². The molecule has 1 aromatic heterocycles. The summed E-state index contributed by atoms with van der Waals surface area (Å²) in [6.45, 7) is 7.13. The number of anilines is 1. The molecule has 18 heavy (non-hydrogen) atoms. The van der Waals surface area contributed by atoms with Crippen molar-refractivity contribution in [3.63, 3.8) is 0 Å². The molecule has 1 heterocycles. The average Bonchev–Trinajstić information content (AvgIpc) is 2.28. The molecule has 2 rings (SSSR count). The molecule has 0 amide bonds. The first-order valence-corrected chi connectivity index (χ1v) is 6.93. The molecule has 1 aliphatic carbocycles. The van der Waals surface area contributed by atoms with Gasteiger partial charge in [-0.2, -0.15) is 4.98 Å². The monoisotopic (exact) mass is 249 g/mol. The Morgan fingerprint density at radius 1 is 1.39 bits per heavy atom. The van der Waals surface area contributed by atoms with E-state index < -0.39 is 0 Å². The first-order chi connectivity index (χ1) is 8.67. The van der Waals surface area contributed by atoms with E-state index in [-0.39, 0.29) is 0 Å². The second-order valence-electron chi connectivity index (χ2n) is 5.21. The van der Waals surface area contributed by atoms with Crippen LogP contribution < -0.4 is 10.1 Å². The molecule has 0 aliphatic heterocycles. The first-order valence-electron chi connectivity index (χ1n) is 6.93. The summed E-state index contributed by atoms with van der Waals surface area (Å²) in [5.74, 6) is 2.13. The number of hydrogen-bond donors (Lipinski definition) is 1. The highest BCUT2D eigenvalue weighted by atomic mass is 16.5. The van der Waals surface area contributed by atoms with Crippen molar-refractivity contribution in [3.05, 3.63) is 11.8 Å². The summed E-state index contributed by atoms with van der Waals surface area (Å²) in [4.78, 5) is 8.73. The van der Waals surface area contributed by atoms with Crippen molar-refractivity contribution in [3.8, 4) is 5.88 Å². The van der Waals surface area contributed by atoms with E-state index in [2.05, 4.69) is 22.2 Å². The average molecular weight is 249 g/mol. The molecule has 2 atom stereocenters. The molecule has 0 spiro atoms. The number of ether oxygens (including phenoxy) is 1. The SMILES string of the molecule is CCNc1nc(C)cc(OC2CCCC(C)C2)n1. The Balaban J connectivity index is 2.03. The standard InChI is InChI=1S/C14H23N3O/c1-4-15-14-16-11(3)9-13(17-14)18-12-7-5-6-10(2)8-12/h9-10,12H,4-8H2,1-3H3,(H,15,16,17). The fourth-order valence-electron chi connectivity index (χ4n) is 2.49. The van der Waals surface area contributed by atoms with Crippen LogP contribution in [-0.2, 0) is 0 Å². The quantitative estimate of drug-likeness (QED) is 0.890. The van der Waals surface area contributed by atoms with Gasteiger partial charge >= 0.3 is 0 Å². The van der Waals surface area contributed by atoms with Gasteiger partial charge in [-0.05, 0) is 39.0 Å². The summed E-state index contributed by atoms with van der Waals surface area (Å²) < 4.78 is 6.00. The zero-order valence-corrected chi connectivity index (χ0v) is 11.6. The fraction of sp³-hybridized carbons (Fsp3) is 0.714. The number of hydrogen-bond acceptors (Lipinski definition) is 4. The topological polar surface area (TPSA) is 47.0 Å². The number of rotatable bonds is 4. The van der Waals surface area contributed by atoms with Crippen molar-refractivity contribution in [1.29, 1.82) is 0 Å². The molecular weight excluding hydrogens is 226 g/mol. The fourth-order valence-corrected chi connectivity index (χ4v) is 2.49. The normalized spacial score (nSPS) is 23.7. The summed E-state index contributed by atoms with van der Waals surface area (Å²) >= 11 is 0. The lowest BCUT2D eigenvalue weighted by Gasteiger charge is -2.27. The second-order valence-corrected chi connectivity index (χ2v) is 5.21. The van der Waals surface area contributed by atoms with Gasteiger partial charge in [0.2, 0.25) is 11.8 Å². The van der Waals surface area contributed by atoms with Gasteiger partial charge in [-0.25, -0.2) is 4.98 Å². The van der Waals surface area contributed by atoms with Crippen LogP contribution in [0.2, 0.25) is 0 Å². The van der Waals surface area contributed by atoms with E-state index in [0.29, 0.717) is 17.9 Å². The first kappa shape index (κ1) is 13.1. The van der Waals surface area contributed by atoms with Crippen molar-refractivity contribution < 1.29 is 4.74 Å². The third-order valence-electron chi connectivity index (χ3n) is 3.34. The van der Waals surface area contributed by atoms with Gasteiger partial charge < -0.3 is 10.1 Å². The van der Waals surface area contributed by atoms with Gasteiger partial charge in [0, 0.05) is 18.3 Å². The molecule has 100 valence electrons. The molecule has 1 aliphatic rings. The molecule has 0 radical (unpaired) electrons. The summed E-state index contributed by atoms with van der Waals surface area (Å²) in [5.41, 5.74) is 0.944. The molecule has 1 fully saturated rings. The maximum absolute atomic E-state index is 6.00. The number of nitrogens with zero attached hydrogens (tertiary/aromatic N) is 2. The molecule has 2 unspecified atom stereocenters. The minimum absolute atomic E-state index is 0.317. The van der Waals surface area contributed by atoms with E-state index in [1.807, 2.05) is 19.9 Å². The van der Waals surface area contributed by atoms with Gasteiger partial charge in [0.15, 0.2) is 0 Å². The third-order valence-corrected chi connectivity index (χ3v) is 3.34. The van der Waals surface area contributed by atoms with Crippen LogP contribution in [0.15, 0.2) is 6.07 Å². The van der Waals surface area contributed by atoms with Crippen LogP contribution in [-0.4, -0.2) is 22.6 Å². The van der Waals surface area contributed by atoms with Crippen LogP contribution in [0.5, 0.6) is 5.88 Å². The maximum Gasteiger partial charge on any atom is 0.226 e. The Hall–Kier alpha value is -1.32. The largest absolute Gasteiger partial charge is 0.474 e. The highest BCUT2D eigenvalue weighted by molar-refractivity contribution is 5.30. The Morgan fingerprint density at radius 3 is 2.94 bits per heavy atom. The van der Waals surface area contributed by atoms with Crippen molar-refractivity contribution in [2.45, 2.75) is 52.6 Å². The smallest absolute Gasteiger partial charge is 0.226 e. The highest BCUT2D eigenvalue weighted by Crippen LogP contribution is 2.27. The molecule has 4 nitrogen and oxygen atoms in total. The maximum atomic E-state index is 6.00. The van der Waals surface area contributed by atoms with E-state index in [4.69, 9.17) is 4.74 Å². The van der Waals surface area contributed by atoms with E-state index in [1.54, 1.807) is 0 Å². The van der Waals surface area contributed by atoms with Gasteiger partial charge in [0.1, 0.15) is 6.10 Å². The van der Waals surface area contributed by atoms with Crippen LogP contribution in [0.1, 0.15) is 45.2 Å². The van der Waals surface area contributed by atoms with Crippen LogP contribution >= 0.6 is 0 Å². The van der Waals surface area contributed by atoms with E-state index in [0.717, 1.165) is 31.0 Å². The highest BCUT2D eigenvalue weighted by Gasteiger charge is 2.20. The molecule has 0 bridgehead atoms. The van der Waals surface area contributed by atoms with Gasteiger partial charge in [0.25, 0.3) is 0 Å². The Kier molecular flexibility index (Phi) is 4.39. The van der Waals surface area contributed by atoms with E-state index >= 15 is 0 Å². The minimum atomic E-state index is 0.317. The van der Waals surface area contributed by atoms with Crippen LogP contribution in [0.25, 0.3) is 0 Å². The Labute approximate surface area is 109 Å². The summed E-state index contributed by atoms with van der Waals surface area (Å²) in [5, 5.41) is 3.13. The summed E-state index contributed by atoms with van der Waals surface area (Å²) in [6.07, 6.45) is 5.18. The molecule has 1 saturated carbocycles. The zero-order chi connectivity index (χ0) is 13.0. The van der Waals surface area contributed by atoms with Gasteiger partial charge in [-0.3, -0.25) is 0 Å². The Bertz CT molecular complexity index is 395. The van der Waals surface area contributed by atoms with Crippen LogP contribution in [0, 0.1) is 12.8 Å². The molecule has 1 N–H and O–H groups in total. The summed E-state index contributed by atoms with van der Waals surface area (Å²) in [7, 11) is 0. The van der Waals surface area contributed by atoms with E-state index in [9.17, 15) is 0 Å². The lowest BCUT2D eigenvalue weighted by molar-refractivity contribution is 0.124. The third kappa shape index (κ3) is 3.59. The Morgan fingerprint density at radius 2 is 2.22 bits per heavy atom. The van der Waals surface area contributed by atoms with E-state index in [1.165, 1.54) is 12.8 Å². The van der Waals surface area contributed by atoms with Crippen LogP contribution in [0.4, 0.5) is 5.95 Å². The number of nitrogens with one attached hydrogen (secondary N) is 1. The molecule has 0 aromatic carbocycles. The molecular formula is C14H23N3O. The van der Waals surface area contributed by atoms with Crippen molar-refractivity contribution >= 4 is 5.95 Å². The zero-order valence-electron chi connectivity index (χ0n) is 11.6. The predicted octanol–water partition coefficient (Wildman–Crippen LogP) is 3.17.